The first kappa shape index (κ1) is 16.8. The Morgan fingerprint density at radius 2 is 2.08 bits per heavy atom. The lowest BCUT2D eigenvalue weighted by Gasteiger charge is -2.34. The third-order valence-electron chi connectivity index (χ3n) is 5.20. The predicted octanol–water partition coefficient (Wildman–Crippen LogP) is 4.11. The van der Waals surface area contributed by atoms with Gasteiger partial charge in [-0.2, -0.15) is 9.97 Å². The largest absolute Gasteiger partial charge is 0.358 e. The fourth-order valence-electron chi connectivity index (χ4n) is 4.01. The van der Waals surface area contributed by atoms with Gasteiger partial charge in [-0.25, -0.2) is 4.98 Å². The fourth-order valence-corrected chi connectivity index (χ4v) is 4.17. The molecule has 6 nitrogen and oxygen atoms in total. The molecule has 0 bridgehead atoms. The van der Waals surface area contributed by atoms with Gasteiger partial charge in [0, 0.05) is 19.2 Å². The van der Waals surface area contributed by atoms with Crippen LogP contribution in [0.3, 0.4) is 0 Å². The SMILES string of the molecule is C=CCN(c1nc(Cl)nc2c1ncn2C1CCCO1)C1CCCCC1. The molecular formula is C18H24ClN5O. The second kappa shape index (κ2) is 7.30. The van der Waals surface area contributed by atoms with Crippen molar-refractivity contribution < 1.29 is 4.74 Å². The van der Waals surface area contributed by atoms with E-state index in [1.165, 1.54) is 32.1 Å². The molecule has 2 aromatic heterocycles. The molecule has 2 fully saturated rings. The molecule has 1 atom stereocenters. The number of aromatic nitrogens is 4. The zero-order valence-corrected chi connectivity index (χ0v) is 15.2. The van der Waals surface area contributed by atoms with Crippen molar-refractivity contribution in [3.8, 4) is 0 Å². The van der Waals surface area contributed by atoms with Crippen molar-refractivity contribution in [1.29, 1.82) is 0 Å². The first-order chi connectivity index (χ1) is 12.3. The Balaban J connectivity index is 1.77. The maximum atomic E-state index is 6.29. The Kier molecular flexibility index (Phi) is 4.90. The van der Waals surface area contributed by atoms with Crippen LogP contribution >= 0.6 is 11.6 Å². The van der Waals surface area contributed by atoms with Gasteiger partial charge in [-0.15, -0.1) is 6.58 Å². The van der Waals surface area contributed by atoms with E-state index in [1.54, 1.807) is 0 Å². The van der Waals surface area contributed by atoms with Crippen LogP contribution in [0, 0.1) is 0 Å². The molecule has 2 aromatic rings. The van der Waals surface area contributed by atoms with Gasteiger partial charge in [0.25, 0.3) is 0 Å². The summed E-state index contributed by atoms with van der Waals surface area (Å²) in [4.78, 5) is 15.9. The molecule has 0 amide bonds. The average Bonchev–Trinajstić information content (AvgIpc) is 3.29. The van der Waals surface area contributed by atoms with E-state index in [-0.39, 0.29) is 11.5 Å². The molecule has 0 N–H and O–H groups in total. The summed E-state index contributed by atoms with van der Waals surface area (Å²) in [6.07, 6.45) is 11.9. The summed E-state index contributed by atoms with van der Waals surface area (Å²) in [6.45, 7) is 5.44. The predicted molar refractivity (Wildman–Crippen MR) is 99.0 cm³/mol. The van der Waals surface area contributed by atoms with Crippen LogP contribution in [0.4, 0.5) is 5.82 Å². The number of hydrogen-bond donors (Lipinski definition) is 0. The minimum atomic E-state index is -0.00801. The molecule has 1 aliphatic heterocycles. The molecule has 0 radical (unpaired) electrons. The first-order valence-electron chi connectivity index (χ1n) is 9.17. The minimum absolute atomic E-state index is 0.00801. The van der Waals surface area contributed by atoms with E-state index in [4.69, 9.17) is 16.3 Å². The molecule has 1 saturated carbocycles. The van der Waals surface area contributed by atoms with Crippen LogP contribution in [-0.4, -0.2) is 38.7 Å². The first-order valence-corrected chi connectivity index (χ1v) is 9.55. The Morgan fingerprint density at radius 3 is 2.80 bits per heavy atom. The highest BCUT2D eigenvalue weighted by atomic mass is 35.5. The van der Waals surface area contributed by atoms with E-state index in [0.717, 1.165) is 43.0 Å². The van der Waals surface area contributed by atoms with E-state index < -0.39 is 0 Å². The molecule has 1 saturated heterocycles. The van der Waals surface area contributed by atoms with Gasteiger partial charge in [0.05, 0.1) is 6.33 Å². The van der Waals surface area contributed by atoms with E-state index in [2.05, 4.69) is 26.4 Å². The van der Waals surface area contributed by atoms with Crippen molar-refractivity contribution in [2.45, 2.75) is 57.2 Å². The molecule has 7 heteroatoms. The summed E-state index contributed by atoms with van der Waals surface area (Å²) >= 11 is 6.29. The van der Waals surface area contributed by atoms with E-state index in [1.807, 2.05) is 17.0 Å². The number of anilines is 1. The monoisotopic (exact) mass is 361 g/mol. The normalized spacial score (nSPS) is 21.7. The number of hydrogen-bond acceptors (Lipinski definition) is 5. The van der Waals surface area contributed by atoms with Gasteiger partial charge in [-0.1, -0.05) is 25.3 Å². The summed E-state index contributed by atoms with van der Waals surface area (Å²) in [6, 6.07) is 0.453. The fraction of sp³-hybridized carbons (Fsp3) is 0.611. The molecular weight excluding hydrogens is 338 g/mol. The Labute approximate surface area is 152 Å². The van der Waals surface area contributed by atoms with Gasteiger partial charge >= 0.3 is 0 Å². The van der Waals surface area contributed by atoms with E-state index >= 15 is 0 Å². The van der Waals surface area contributed by atoms with Crippen molar-refractivity contribution in [3.05, 3.63) is 24.3 Å². The van der Waals surface area contributed by atoms with Gasteiger partial charge < -0.3 is 9.64 Å². The van der Waals surface area contributed by atoms with Crippen LogP contribution in [0.1, 0.15) is 51.2 Å². The van der Waals surface area contributed by atoms with Crippen LogP contribution in [0.2, 0.25) is 5.28 Å². The Bertz CT molecular complexity index is 749. The molecule has 25 heavy (non-hydrogen) atoms. The lowest BCUT2D eigenvalue weighted by molar-refractivity contribution is 0.0593. The van der Waals surface area contributed by atoms with Crippen molar-refractivity contribution >= 4 is 28.6 Å². The average molecular weight is 362 g/mol. The lowest BCUT2D eigenvalue weighted by atomic mass is 9.94. The summed E-state index contributed by atoms with van der Waals surface area (Å²) in [7, 11) is 0. The molecule has 3 heterocycles. The van der Waals surface area contributed by atoms with Gasteiger partial charge in [0.2, 0.25) is 5.28 Å². The zero-order chi connectivity index (χ0) is 17.2. The second-order valence-corrected chi connectivity index (χ2v) is 7.18. The number of nitrogens with zero attached hydrogens (tertiary/aromatic N) is 5. The highest BCUT2D eigenvalue weighted by molar-refractivity contribution is 6.28. The Hall–Kier alpha value is -1.66. The second-order valence-electron chi connectivity index (χ2n) is 6.84. The standard InChI is InChI=1S/C18H24ClN5O/c1-2-10-23(13-7-4-3-5-8-13)16-15-17(22-18(19)21-16)24(12-20-15)14-9-6-11-25-14/h2,12-14H,1,3-11H2. The maximum Gasteiger partial charge on any atom is 0.226 e. The third-order valence-corrected chi connectivity index (χ3v) is 5.37. The molecule has 0 spiro atoms. The molecule has 1 aliphatic carbocycles. The number of rotatable bonds is 5. The minimum Gasteiger partial charge on any atom is -0.358 e. The Morgan fingerprint density at radius 1 is 1.24 bits per heavy atom. The number of halogens is 1. The summed E-state index contributed by atoms with van der Waals surface area (Å²) in [5, 5.41) is 0.257. The highest BCUT2D eigenvalue weighted by Crippen LogP contribution is 2.33. The van der Waals surface area contributed by atoms with Gasteiger partial charge in [-0.05, 0) is 37.3 Å². The number of imidazole rings is 1. The van der Waals surface area contributed by atoms with Crippen LogP contribution in [0.25, 0.3) is 11.2 Å². The van der Waals surface area contributed by atoms with Crippen LogP contribution in [0.15, 0.2) is 19.0 Å². The van der Waals surface area contributed by atoms with Gasteiger partial charge in [0.15, 0.2) is 17.0 Å². The highest BCUT2D eigenvalue weighted by Gasteiger charge is 2.27. The zero-order valence-electron chi connectivity index (χ0n) is 14.4. The summed E-state index contributed by atoms with van der Waals surface area (Å²) in [5.74, 6) is 0.818. The third kappa shape index (κ3) is 3.25. The quantitative estimate of drug-likeness (QED) is 0.592. The number of ether oxygens (including phenoxy) is 1. The molecule has 134 valence electrons. The van der Waals surface area contributed by atoms with Crippen LogP contribution in [-0.2, 0) is 4.74 Å². The van der Waals surface area contributed by atoms with Crippen molar-refractivity contribution in [2.75, 3.05) is 18.1 Å². The van der Waals surface area contributed by atoms with Gasteiger partial charge in [0.1, 0.15) is 6.23 Å². The molecule has 0 aromatic carbocycles. The smallest absolute Gasteiger partial charge is 0.226 e. The molecule has 4 rings (SSSR count). The number of fused-ring (bicyclic) bond motifs is 1. The summed E-state index contributed by atoms with van der Waals surface area (Å²) < 4.78 is 7.79. The summed E-state index contributed by atoms with van der Waals surface area (Å²) in [5.41, 5.74) is 1.55. The molecule has 2 aliphatic rings. The maximum absolute atomic E-state index is 6.29. The van der Waals surface area contributed by atoms with Crippen LogP contribution in [0.5, 0.6) is 0 Å². The van der Waals surface area contributed by atoms with Crippen molar-refractivity contribution in [2.24, 2.45) is 0 Å². The van der Waals surface area contributed by atoms with E-state index in [0.29, 0.717) is 6.04 Å². The topological polar surface area (TPSA) is 56.1 Å². The van der Waals surface area contributed by atoms with Crippen molar-refractivity contribution in [3.63, 3.8) is 0 Å². The van der Waals surface area contributed by atoms with Gasteiger partial charge in [-0.3, -0.25) is 4.57 Å². The van der Waals surface area contributed by atoms with Crippen LogP contribution < -0.4 is 4.90 Å². The van der Waals surface area contributed by atoms with E-state index in [9.17, 15) is 0 Å². The molecule has 1 unspecified atom stereocenters. The van der Waals surface area contributed by atoms with Crippen molar-refractivity contribution in [1.82, 2.24) is 19.5 Å². The lowest BCUT2D eigenvalue weighted by Crippen LogP contribution is -2.37.